The van der Waals surface area contributed by atoms with Gasteiger partial charge in [0.25, 0.3) is 0 Å². The molecule has 0 fully saturated rings. The number of hydrogen-bond donors (Lipinski definition) is 1. The second kappa shape index (κ2) is 4.72. The van der Waals surface area contributed by atoms with E-state index in [2.05, 4.69) is 31.2 Å². The summed E-state index contributed by atoms with van der Waals surface area (Å²) in [5.74, 6) is 0.878. The smallest absolute Gasteiger partial charge is 0.126 e. The molecule has 78 valence electrons. The first kappa shape index (κ1) is 10.6. The van der Waals surface area contributed by atoms with Gasteiger partial charge in [0, 0.05) is 9.85 Å². The average molecular weight is 284 g/mol. The van der Waals surface area contributed by atoms with Crippen LogP contribution in [0, 0.1) is 6.92 Å². The van der Waals surface area contributed by atoms with Crippen LogP contribution in [0.4, 0.5) is 5.82 Å². The van der Waals surface area contributed by atoms with Gasteiger partial charge >= 0.3 is 0 Å². The van der Waals surface area contributed by atoms with Gasteiger partial charge in [-0.3, -0.25) is 0 Å². The van der Waals surface area contributed by atoms with Crippen LogP contribution >= 0.6 is 27.3 Å². The molecule has 1 N–H and O–H groups in total. The quantitative estimate of drug-likeness (QED) is 0.940. The molecule has 2 heterocycles. The van der Waals surface area contributed by atoms with Crippen molar-refractivity contribution >= 4 is 33.1 Å². The molecule has 0 aliphatic rings. The molecule has 0 saturated heterocycles. The molecule has 0 bridgehead atoms. The van der Waals surface area contributed by atoms with Gasteiger partial charge in [-0.05, 0) is 35.0 Å². The number of aromatic nitrogens is 2. The van der Waals surface area contributed by atoms with Gasteiger partial charge in [-0.2, -0.15) is 0 Å². The van der Waals surface area contributed by atoms with Crippen LogP contribution in [0.3, 0.4) is 0 Å². The van der Waals surface area contributed by atoms with E-state index in [0.717, 1.165) is 28.2 Å². The molecule has 2 aromatic heterocycles. The Kier molecular flexibility index (Phi) is 3.33. The van der Waals surface area contributed by atoms with Crippen LogP contribution in [-0.4, -0.2) is 9.97 Å². The molecule has 0 radical (unpaired) electrons. The van der Waals surface area contributed by atoms with E-state index in [1.807, 2.05) is 29.9 Å². The Labute approximate surface area is 101 Å². The van der Waals surface area contributed by atoms with Crippen molar-refractivity contribution in [1.82, 2.24) is 9.97 Å². The van der Waals surface area contributed by atoms with Gasteiger partial charge in [0.1, 0.15) is 5.82 Å². The van der Waals surface area contributed by atoms with Crippen molar-refractivity contribution in [3.63, 3.8) is 0 Å². The SMILES string of the molecule is Cc1nc(NCc2cscn2)ccc1Br. The van der Waals surface area contributed by atoms with Gasteiger partial charge in [-0.1, -0.05) is 0 Å². The molecular formula is C10H10BrN3S. The molecule has 15 heavy (non-hydrogen) atoms. The lowest BCUT2D eigenvalue weighted by Crippen LogP contribution is -2.02. The van der Waals surface area contributed by atoms with Crippen LogP contribution in [-0.2, 0) is 6.54 Å². The lowest BCUT2D eigenvalue weighted by Gasteiger charge is -2.05. The molecule has 3 nitrogen and oxygen atoms in total. The third-order valence-electron chi connectivity index (χ3n) is 1.96. The summed E-state index contributed by atoms with van der Waals surface area (Å²) in [6.45, 7) is 2.69. The molecule has 0 atom stereocenters. The second-order valence-electron chi connectivity index (χ2n) is 3.10. The standard InChI is InChI=1S/C10H10BrN3S/c1-7-9(11)2-3-10(14-7)12-4-8-5-15-6-13-8/h2-3,5-6H,4H2,1H3,(H,12,14). The summed E-state index contributed by atoms with van der Waals surface area (Å²) in [6.07, 6.45) is 0. The fourth-order valence-electron chi connectivity index (χ4n) is 1.15. The number of hydrogen-bond acceptors (Lipinski definition) is 4. The van der Waals surface area contributed by atoms with Crippen molar-refractivity contribution in [3.8, 4) is 0 Å². The maximum atomic E-state index is 4.39. The summed E-state index contributed by atoms with van der Waals surface area (Å²) in [7, 11) is 0. The van der Waals surface area contributed by atoms with Gasteiger partial charge in [0.15, 0.2) is 0 Å². The highest BCUT2D eigenvalue weighted by Gasteiger charge is 1.99. The molecule has 0 spiro atoms. The Morgan fingerprint density at radius 1 is 1.47 bits per heavy atom. The molecule has 2 rings (SSSR count). The maximum absolute atomic E-state index is 4.39. The van der Waals surface area contributed by atoms with E-state index in [-0.39, 0.29) is 0 Å². The first-order valence-corrected chi connectivity index (χ1v) is 6.23. The zero-order chi connectivity index (χ0) is 10.7. The van der Waals surface area contributed by atoms with Crippen LogP contribution in [0.5, 0.6) is 0 Å². The van der Waals surface area contributed by atoms with E-state index in [4.69, 9.17) is 0 Å². The maximum Gasteiger partial charge on any atom is 0.126 e. The third-order valence-corrected chi connectivity index (χ3v) is 3.43. The number of aryl methyl sites for hydroxylation is 1. The van der Waals surface area contributed by atoms with E-state index in [9.17, 15) is 0 Å². The molecule has 0 saturated carbocycles. The van der Waals surface area contributed by atoms with Crippen LogP contribution in [0.2, 0.25) is 0 Å². The first-order chi connectivity index (χ1) is 7.25. The molecule has 0 aromatic carbocycles. The highest BCUT2D eigenvalue weighted by molar-refractivity contribution is 9.10. The molecule has 2 aromatic rings. The summed E-state index contributed by atoms with van der Waals surface area (Å²) in [6, 6.07) is 3.94. The van der Waals surface area contributed by atoms with Gasteiger partial charge in [0.05, 0.1) is 23.4 Å². The third kappa shape index (κ3) is 2.76. The second-order valence-corrected chi connectivity index (χ2v) is 4.67. The van der Waals surface area contributed by atoms with Crippen molar-refractivity contribution in [3.05, 3.63) is 38.9 Å². The summed E-state index contributed by atoms with van der Waals surface area (Å²) >= 11 is 5.02. The fraction of sp³-hybridized carbons (Fsp3) is 0.200. The summed E-state index contributed by atoms with van der Waals surface area (Å²) in [5.41, 5.74) is 3.86. The zero-order valence-electron chi connectivity index (χ0n) is 8.20. The number of thiazole rings is 1. The summed E-state index contributed by atoms with van der Waals surface area (Å²) < 4.78 is 1.03. The normalized spacial score (nSPS) is 10.3. The molecule has 0 aliphatic carbocycles. The van der Waals surface area contributed by atoms with Crippen molar-refractivity contribution in [2.75, 3.05) is 5.32 Å². The van der Waals surface area contributed by atoms with Crippen molar-refractivity contribution in [2.24, 2.45) is 0 Å². The number of nitrogens with zero attached hydrogens (tertiary/aromatic N) is 2. The van der Waals surface area contributed by atoms with Gasteiger partial charge < -0.3 is 5.32 Å². The van der Waals surface area contributed by atoms with E-state index in [1.54, 1.807) is 11.3 Å². The number of nitrogens with one attached hydrogen (secondary N) is 1. The molecular weight excluding hydrogens is 274 g/mol. The van der Waals surface area contributed by atoms with Crippen molar-refractivity contribution in [1.29, 1.82) is 0 Å². The van der Waals surface area contributed by atoms with Gasteiger partial charge in [0.2, 0.25) is 0 Å². The zero-order valence-corrected chi connectivity index (χ0v) is 10.6. The Balaban J connectivity index is 2.02. The molecule has 0 amide bonds. The van der Waals surface area contributed by atoms with E-state index in [1.165, 1.54) is 0 Å². The minimum absolute atomic E-state index is 0.720. The summed E-state index contributed by atoms with van der Waals surface area (Å²) in [4.78, 5) is 8.58. The Bertz CT molecular complexity index is 442. The van der Waals surface area contributed by atoms with Gasteiger partial charge in [-0.15, -0.1) is 11.3 Å². The predicted octanol–water partition coefficient (Wildman–Crippen LogP) is 3.22. The number of anilines is 1. The van der Waals surface area contributed by atoms with Crippen LogP contribution in [0.1, 0.15) is 11.4 Å². The Hall–Kier alpha value is -0.940. The van der Waals surface area contributed by atoms with Crippen molar-refractivity contribution in [2.45, 2.75) is 13.5 Å². The lowest BCUT2D eigenvalue weighted by molar-refractivity contribution is 1.04. The van der Waals surface area contributed by atoms with Gasteiger partial charge in [-0.25, -0.2) is 9.97 Å². The van der Waals surface area contributed by atoms with Crippen LogP contribution in [0.15, 0.2) is 27.5 Å². The van der Waals surface area contributed by atoms with E-state index >= 15 is 0 Å². The fourth-order valence-corrected chi connectivity index (χ4v) is 1.93. The number of rotatable bonds is 3. The molecule has 0 unspecified atom stereocenters. The predicted molar refractivity (Wildman–Crippen MR) is 66.1 cm³/mol. The highest BCUT2D eigenvalue weighted by atomic mass is 79.9. The average Bonchev–Trinajstić information content (AvgIpc) is 2.73. The van der Waals surface area contributed by atoms with Crippen molar-refractivity contribution < 1.29 is 0 Å². The monoisotopic (exact) mass is 283 g/mol. The van der Waals surface area contributed by atoms with E-state index in [0.29, 0.717) is 0 Å². The minimum atomic E-state index is 0.720. The minimum Gasteiger partial charge on any atom is -0.364 e. The van der Waals surface area contributed by atoms with Crippen LogP contribution < -0.4 is 5.32 Å². The largest absolute Gasteiger partial charge is 0.364 e. The number of halogens is 1. The molecule has 0 aliphatic heterocycles. The highest BCUT2D eigenvalue weighted by Crippen LogP contribution is 2.16. The first-order valence-electron chi connectivity index (χ1n) is 4.50. The molecule has 5 heteroatoms. The Morgan fingerprint density at radius 3 is 3.00 bits per heavy atom. The Morgan fingerprint density at radius 2 is 2.33 bits per heavy atom. The lowest BCUT2D eigenvalue weighted by atomic mass is 10.3. The number of pyridine rings is 1. The summed E-state index contributed by atoms with van der Waals surface area (Å²) in [5, 5.41) is 5.25. The topological polar surface area (TPSA) is 37.8 Å². The van der Waals surface area contributed by atoms with Crippen LogP contribution in [0.25, 0.3) is 0 Å². The van der Waals surface area contributed by atoms with E-state index < -0.39 is 0 Å².